The molecule has 0 fully saturated rings. The van der Waals surface area contributed by atoms with E-state index in [4.69, 9.17) is 0 Å². The van der Waals surface area contributed by atoms with Crippen molar-refractivity contribution in [2.24, 2.45) is 0 Å². The Balaban J connectivity index is 0.000000500. The molecule has 1 N–H and O–H groups in total. The summed E-state index contributed by atoms with van der Waals surface area (Å²) < 4.78 is 0. The summed E-state index contributed by atoms with van der Waals surface area (Å²) >= 11 is 0. The van der Waals surface area contributed by atoms with Crippen LogP contribution in [0.1, 0.15) is 0 Å². The molecule has 0 amide bonds. The van der Waals surface area contributed by atoms with Gasteiger partial charge >= 0.3 is 0 Å². The predicted molar refractivity (Wildman–Crippen MR) is 37.1 cm³/mol. The molecule has 0 aliphatic carbocycles. The number of aromatic nitrogens is 1. The number of aromatic amines is 1. The van der Waals surface area contributed by atoms with Crippen molar-refractivity contribution in [3.8, 4) is 0 Å². The number of hydrogen-bond acceptors (Lipinski definition) is 0. The summed E-state index contributed by atoms with van der Waals surface area (Å²) in [7, 11) is 0. The summed E-state index contributed by atoms with van der Waals surface area (Å²) in [5, 5.41) is 1.15. The van der Waals surface area contributed by atoms with Gasteiger partial charge in [0.05, 0.1) is 0 Å². The van der Waals surface area contributed by atoms with Gasteiger partial charge in [0, 0.05) is 32.7 Å². The van der Waals surface area contributed by atoms with Crippen LogP contribution in [-0.2, 0) is 32.7 Å². The molecule has 0 spiro atoms. The SMILES string of the molecule is [Y].[c-]1c[nH]c2ccccc12. The molecule has 1 nitrogen and oxygen atoms in total. The van der Waals surface area contributed by atoms with Crippen LogP contribution in [0, 0.1) is 6.07 Å². The van der Waals surface area contributed by atoms with Gasteiger partial charge in [-0.25, -0.2) is 0 Å². The molecular formula is C8H6NY-. The first-order chi connectivity index (χ1) is 4.47. The molecule has 2 aromatic rings. The molecule has 1 aromatic carbocycles. The third kappa shape index (κ3) is 1.30. The number of benzene rings is 1. The second-order valence-electron chi connectivity index (χ2n) is 1.98. The van der Waals surface area contributed by atoms with E-state index in [0.29, 0.717) is 0 Å². The first-order valence-corrected chi connectivity index (χ1v) is 2.90. The van der Waals surface area contributed by atoms with E-state index < -0.39 is 0 Å². The summed E-state index contributed by atoms with van der Waals surface area (Å²) in [6.07, 6.45) is 1.82. The van der Waals surface area contributed by atoms with Crippen molar-refractivity contribution in [2.75, 3.05) is 0 Å². The van der Waals surface area contributed by atoms with Gasteiger partial charge in [-0.3, -0.25) is 0 Å². The van der Waals surface area contributed by atoms with Crippen molar-refractivity contribution >= 4 is 10.9 Å². The Morgan fingerprint density at radius 2 is 2.00 bits per heavy atom. The van der Waals surface area contributed by atoms with Crippen LogP contribution >= 0.6 is 0 Å². The van der Waals surface area contributed by atoms with E-state index in [1.54, 1.807) is 0 Å². The van der Waals surface area contributed by atoms with Crippen molar-refractivity contribution < 1.29 is 32.7 Å². The van der Waals surface area contributed by atoms with Crippen molar-refractivity contribution in [2.45, 2.75) is 0 Å². The molecule has 2 rings (SSSR count). The summed E-state index contributed by atoms with van der Waals surface area (Å²) in [6, 6.07) is 11.1. The first-order valence-electron chi connectivity index (χ1n) is 2.90. The van der Waals surface area contributed by atoms with Gasteiger partial charge in [0.1, 0.15) is 0 Å². The van der Waals surface area contributed by atoms with Crippen molar-refractivity contribution in [1.82, 2.24) is 4.98 Å². The second kappa shape index (κ2) is 3.31. The van der Waals surface area contributed by atoms with E-state index in [-0.39, 0.29) is 32.7 Å². The minimum Gasteiger partial charge on any atom is -0.424 e. The van der Waals surface area contributed by atoms with E-state index in [1.165, 1.54) is 0 Å². The Labute approximate surface area is 84.7 Å². The predicted octanol–water partition coefficient (Wildman–Crippen LogP) is 1.97. The summed E-state index contributed by atoms with van der Waals surface area (Å²) in [5.74, 6) is 0. The zero-order valence-corrected chi connectivity index (χ0v) is 8.30. The Morgan fingerprint density at radius 1 is 1.20 bits per heavy atom. The van der Waals surface area contributed by atoms with Crippen molar-refractivity contribution in [1.29, 1.82) is 0 Å². The maximum atomic E-state index is 3.06. The van der Waals surface area contributed by atoms with Crippen molar-refractivity contribution in [3.63, 3.8) is 0 Å². The van der Waals surface area contributed by atoms with Gasteiger partial charge in [0.2, 0.25) is 0 Å². The van der Waals surface area contributed by atoms with Gasteiger partial charge in [-0.05, 0) is 0 Å². The average molecular weight is 205 g/mol. The van der Waals surface area contributed by atoms with Crippen LogP contribution < -0.4 is 0 Å². The molecular weight excluding hydrogens is 199 g/mol. The van der Waals surface area contributed by atoms with E-state index in [0.717, 1.165) is 10.9 Å². The van der Waals surface area contributed by atoms with Crippen LogP contribution in [0.4, 0.5) is 0 Å². The monoisotopic (exact) mass is 205 g/mol. The van der Waals surface area contributed by atoms with E-state index >= 15 is 0 Å². The number of rotatable bonds is 0. The molecule has 0 bridgehead atoms. The fourth-order valence-electron chi connectivity index (χ4n) is 0.926. The summed E-state index contributed by atoms with van der Waals surface area (Å²) in [6.45, 7) is 0. The third-order valence-corrected chi connectivity index (χ3v) is 1.38. The molecule has 1 aromatic heterocycles. The first kappa shape index (κ1) is 7.97. The molecule has 0 saturated heterocycles. The van der Waals surface area contributed by atoms with Crippen LogP contribution in [0.15, 0.2) is 30.5 Å². The smallest absolute Gasteiger partial charge is 0 e. The van der Waals surface area contributed by atoms with Crippen molar-refractivity contribution in [3.05, 3.63) is 36.5 Å². The minimum absolute atomic E-state index is 0. The number of hydrogen-bond donors (Lipinski definition) is 1. The molecule has 0 unspecified atom stereocenters. The molecule has 2 heteroatoms. The normalized spacial score (nSPS) is 9.20. The Hall–Kier alpha value is -0.136. The van der Waals surface area contributed by atoms with E-state index in [2.05, 4.69) is 11.1 Å². The van der Waals surface area contributed by atoms with Crippen LogP contribution in [0.5, 0.6) is 0 Å². The fourth-order valence-corrected chi connectivity index (χ4v) is 0.926. The minimum atomic E-state index is 0. The Morgan fingerprint density at radius 3 is 2.80 bits per heavy atom. The van der Waals surface area contributed by atoms with Gasteiger partial charge in [0.25, 0.3) is 0 Å². The van der Waals surface area contributed by atoms with Crippen LogP contribution in [0.2, 0.25) is 0 Å². The maximum Gasteiger partial charge on any atom is 0 e. The topological polar surface area (TPSA) is 15.8 Å². The Bertz CT molecular complexity index is 283. The van der Waals surface area contributed by atoms with E-state index in [9.17, 15) is 0 Å². The standard InChI is InChI=1S/C8H6N.Y/c1-2-4-8-7(3-1)5-6-9-8;/h1-4,6,9H;/q-1;. The average Bonchev–Trinajstić information content (AvgIpc) is 2.33. The van der Waals surface area contributed by atoms with Crippen LogP contribution in [-0.4, -0.2) is 4.98 Å². The van der Waals surface area contributed by atoms with Gasteiger partial charge in [0.15, 0.2) is 0 Å². The number of para-hydroxylation sites is 1. The number of H-pyrrole nitrogens is 1. The molecule has 47 valence electrons. The Kier molecular flexibility index (Phi) is 2.64. The van der Waals surface area contributed by atoms with E-state index in [1.807, 2.05) is 30.5 Å². The molecule has 0 aliphatic rings. The fraction of sp³-hybridized carbons (Fsp3) is 0. The molecule has 0 atom stereocenters. The molecule has 0 aliphatic heterocycles. The van der Waals surface area contributed by atoms with Gasteiger partial charge in [-0.1, -0.05) is 23.8 Å². The van der Waals surface area contributed by atoms with Crippen LogP contribution in [0.25, 0.3) is 10.9 Å². The van der Waals surface area contributed by atoms with Gasteiger partial charge in [-0.2, -0.15) is 17.5 Å². The van der Waals surface area contributed by atoms with Crippen LogP contribution in [0.3, 0.4) is 0 Å². The molecule has 1 heterocycles. The van der Waals surface area contributed by atoms with Gasteiger partial charge < -0.3 is 4.98 Å². The second-order valence-corrected chi connectivity index (χ2v) is 1.98. The maximum absolute atomic E-state index is 3.06. The quantitative estimate of drug-likeness (QED) is 0.633. The molecule has 1 radical (unpaired) electrons. The zero-order chi connectivity index (χ0) is 6.10. The molecule has 10 heavy (non-hydrogen) atoms. The third-order valence-electron chi connectivity index (χ3n) is 1.38. The summed E-state index contributed by atoms with van der Waals surface area (Å²) in [5.41, 5.74) is 1.15. The molecule has 0 saturated carbocycles. The zero-order valence-electron chi connectivity index (χ0n) is 5.46. The van der Waals surface area contributed by atoms with Gasteiger partial charge in [-0.15, -0.1) is 6.07 Å². The number of fused-ring (bicyclic) bond motifs is 1. The largest absolute Gasteiger partial charge is 0.424 e. The summed E-state index contributed by atoms with van der Waals surface area (Å²) in [4.78, 5) is 3.06. The number of nitrogens with one attached hydrogen (secondary N) is 1.